The Balaban J connectivity index is 1.83. The van der Waals surface area contributed by atoms with Crippen LogP contribution in [0.5, 0.6) is 0 Å². The van der Waals surface area contributed by atoms with Crippen molar-refractivity contribution < 1.29 is 0 Å². The second kappa shape index (κ2) is 6.39. The van der Waals surface area contributed by atoms with Gasteiger partial charge in [0, 0.05) is 26.7 Å². The molecule has 0 saturated heterocycles. The molecule has 1 aliphatic rings. The molecule has 1 heterocycles. The lowest BCUT2D eigenvalue weighted by atomic mass is 9.78. The largest absolute Gasteiger partial charge is 0.271 e. The van der Waals surface area contributed by atoms with Crippen LogP contribution >= 0.6 is 27.3 Å². The number of thiophene rings is 1. The Bertz CT molecular complexity index is 581. The minimum Gasteiger partial charge on any atom is -0.271 e. The van der Waals surface area contributed by atoms with E-state index in [9.17, 15) is 0 Å². The predicted octanol–water partition coefficient (Wildman–Crippen LogP) is 4.01. The van der Waals surface area contributed by atoms with E-state index < -0.39 is 0 Å². The van der Waals surface area contributed by atoms with Gasteiger partial charge in [-0.25, -0.2) is 0 Å². The van der Waals surface area contributed by atoms with Crippen molar-refractivity contribution in [2.45, 2.75) is 37.6 Å². The summed E-state index contributed by atoms with van der Waals surface area (Å²) in [5.74, 6) is 6.38. The van der Waals surface area contributed by atoms with Gasteiger partial charge in [-0.3, -0.25) is 11.3 Å². The first-order valence-electron chi connectivity index (χ1n) is 7.05. The van der Waals surface area contributed by atoms with Gasteiger partial charge in [0.05, 0.1) is 0 Å². The van der Waals surface area contributed by atoms with E-state index in [1.165, 1.54) is 35.3 Å². The third kappa shape index (κ3) is 2.98. The first kappa shape index (κ1) is 14.3. The smallest absolute Gasteiger partial charge is 0.0327 e. The van der Waals surface area contributed by atoms with E-state index in [4.69, 9.17) is 5.84 Å². The first-order valence-corrected chi connectivity index (χ1v) is 8.72. The average Bonchev–Trinajstić information content (AvgIpc) is 2.89. The van der Waals surface area contributed by atoms with Crippen molar-refractivity contribution >= 4 is 27.3 Å². The van der Waals surface area contributed by atoms with Gasteiger partial charge in [0.25, 0.3) is 0 Å². The number of hydrogen-bond acceptors (Lipinski definition) is 3. The predicted molar refractivity (Wildman–Crippen MR) is 89.0 cm³/mol. The molecule has 0 aliphatic heterocycles. The summed E-state index contributed by atoms with van der Waals surface area (Å²) in [5.41, 5.74) is 6.04. The zero-order valence-electron chi connectivity index (χ0n) is 11.3. The lowest BCUT2D eigenvalue weighted by molar-refractivity contribution is 0.396. The van der Waals surface area contributed by atoms with E-state index in [0.717, 1.165) is 10.9 Å². The van der Waals surface area contributed by atoms with E-state index in [-0.39, 0.29) is 0 Å². The third-order valence-electron chi connectivity index (χ3n) is 4.16. The number of hydrazine groups is 1. The highest BCUT2D eigenvalue weighted by molar-refractivity contribution is 9.10. The molecular weight excluding hydrogens is 332 g/mol. The maximum absolute atomic E-state index is 5.86. The standard InChI is InChI=1S/C16H19BrN2S/c17-12-8-13(20-10-12)9-16(19-18)15-7-3-5-11-4-1-2-6-14(11)15/h1-2,4,6,8,10,15-16,19H,3,5,7,9,18H2. The second-order valence-corrected chi connectivity index (χ2v) is 7.32. The molecule has 4 heteroatoms. The number of rotatable bonds is 4. The molecule has 0 amide bonds. The van der Waals surface area contributed by atoms with E-state index in [1.54, 1.807) is 11.3 Å². The van der Waals surface area contributed by atoms with Crippen LogP contribution in [0.15, 0.2) is 40.2 Å². The van der Waals surface area contributed by atoms with E-state index >= 15 is 0 Å². The van der Waals surface area contributed by atoms with Crippen molar-refractivity contribution in [1.82, 2.24) is 5.43 Å². The van der Waals surface area contributed by atoms with Gasteiger partial charge in [0.1, 0.15) is 0 Å². The maximum atomic E-state index is 5.86. The van der Waals surface area contributed by atoms with Gasteiger partial charge < -0.3 is 0 Å². The Morgan fingerprint density at radius 1 is 1.40 bits per heavy atom. The molecule has 20 heavy (non-hydrogen) atoms. The summed E-state index contributed by atoms with van der Waals surface area (Å²) in [6.45, 7) is 0. The summed E-state index contributed by atoms with van der Waals surface area (Å²) >= 11 is 5.32. The fraction of sp³-hybridized carbons (Fsp3) is 0.375. The Labute approximate surface area is 132 Å². The van der Waals surface area contributed by atoms with E-state index in [1.807, 2.05) is 0 Å². The van der Waals surface area contributed by atoms with Crippen molar-refractivity contribution in [3.8, 4) is 0 Å². The number of fused-ring (bicyclic) bond motifs is 1. The Morgan fingerprint density at radius 2 is 2.25 bits per heavy atom. The van der Waals surface area contributed by atoms with Crippen molar-refractivity contribution in [3.05, 3.63) is 56.2 Å². The summed E-state index contributed by atoms with van der Waals surface area (Å²) in [5, 5.41) is 2.14. The Morgan fingerprint density at radius 3 is 3.00 bits per heavy atom. The first-order chi connectivity index (χ1) is 9.78. The lowest BCUT2D eigenvalue weighted by Crippen LogP contribution is -2.42. The van der Waals surface area contributed by atoms with Crippen LogP contribution in [-0.2, 0) is 12.8 Å². The highest BCUT2D eigenvalue weighted by Crippen LogP contribution is 2.35. The van der Waals surface area contributed by atoms with Gasteiger partial charge >= 0.3 is 0 Å². The van der Waals surface area contributed by atoms with Crippen LogP contribution < -0.4 is 11.3 Å². The number of hydrogen-bond donors (Lipinski definition) is 2. The number of benzene rings is 1. The number of halogens is 1. The van der Waals surface area contributed by atoms with Crippen LogP contribution in [0.4, 0.5) is 0 Å². The molecular formula is C16H19BrN2S. The monoisotopic (exact) mass is 350 g/mol. The molecule has 3 rings (SSSR count). The van der Waals surface area contributed by atoms with Crippen LogP contribution in [0, 0.1) is 0 Å². The molecule has 2 unspecified atom stereocenters. The van der Waals surface area contributed by atoms with Gasteiger partial charge in [0.15, 0.2) is 0 Å². The Hall–Kier alpha value is -0.680. The molecule has 2 atom stereocenters. The van der Waals surface area contributed by atoms with Gasteiger partial charge in [-0.05, 0) is 58.8 Å². The third-order valence-corrected chi connectivity index (χ3v) is 5.88. The molecule has 1 aliphatic carbocycles. The van der Waals surface area contributed by atoms with Crippen molar-refractivity contribution in [3.63, 3.8) is 0 Å². The zero-order valence-corrected chi connectivity index (χ0v) is 13.7. The molecule has 0 saturated carbocycles. The number of aryl methyl sites for hydroxylation is 1. The van der Waals surface area contributed by atoms with Gasteiger partial charge in [-0.15, -0.1) is 11.3 Å². The van der Waals surface area contributed by atoms with Crippen LogP contribution in [0.1, 0.15) is 34.8 Å². The van der Waals surface area contributed by atoms with Crippen molar-refractivity contribution in [1.29, 1.82) is 0 Å². The summed E-state index contributed by atoms with van der Waals surface area (Å²) in [4.78, 5) is 1.38. The minimum atomic E-state index is 0.307. The minimum absolute atomic E-state index is 0.307. The molecule has 0 bridgehead atoms. The van der Waals surface area contributed by atoms with Gasteiger partial charge in [-0.2, -0.15) is 0 Å². The number of nitrogens with two attached hydrogens (primary N) is 1. The maximum Gasteiger partial charge on any atom is 0.0327 e. The molecule has 0 spiro atoms. The molecule has 2 nitrogen and oxygen atoms in total. The van der Waals surface area contributed by atoms with Crippen LogP contribution in [0.3, 0.4) is 0 Å². The zero-order chi connectivity index (χ0) is 13.9. The normalized spacial score (nSPS) is 19.6. The molecule has 3 N–H and O–H groups in total. The SMILES string of the molecule is NNC(Cc1cc(Br)cs1)C1CCCc2ccccc21. The average molecular weight is 351 g/mol. The lowest BCUT2D eigenvalue weighted by Gasteiger charge is -2.32. The van der Waals surface area contributed by atoms with Crippen LogP contribution in [-0.4, -0.2) is 6.04 Å². The van der Waals surface area contributed by atoms with Crippen LogP contribution in [0.2, 0.25) is 0 Å². The molecule has 2 aromatic rings. The molecule has 0 fully saturated rings. The highest BCUT2D eigenvalue weighted by Gasteiger charge is 2.27. The highest BCUT2D eigenvalue weighted by atomic mass is 79.9. The summed E-state index contributed by atoms with van der Waals surface area (Å²) in [7, 11) is 0. The van der Waals surface area contributed by atoms with E-state index in [2.05, 4.69) is 57.1 Å². The van der Waals surface area contributed by atoms with Crippen molar-refractivity contribution in [2.75, 3.05) is 0 Å². The Kier molecular flexibility index (Phi) is 4.56. The fourth-order valence-electron chi connectivity index (χ4n) is 3.20. The number of nitrogens with one attached hydrogen (secondary N) is 1. The van der Waals surface area contributed by atoms with Gasteiger partial charge in [0.2, 0.25) is 0 Å². The molecule has 106 valence electrons. The van der Waals surface area contributed by atoms with Crippen LogP contribution in [0.25, 0.3) is 0 Å². The molecule has 1 aromatic carbocycles. The second-order valence-electron chi connectivity index (χ2n) is 5.41. The van der Waals surface area contributed by atoms with Crippen molar-refractivity contribution in [2.24, 2.45) is 5.84 Å². The molecule has 0 radical (unpaired) electrons. The topological polar surface area (TPSA) is 38.0 Å². The summed E-state index contributed by atoms with van der Waals surface area (Å²) in [6, 6.07) is 11.3. The van der Waals surface area contributed by atoms with E-state index in [0.29, 0.717) is 12.0 Å². The molecule has 1 aromatic heterocycles. The fourth-order valence-corrected chi connectivity index (χ4v) is 4.72. The quantitative estimate of drug-likeness (QED) is 0.645. The summed E-state index contributed by atoms with van der Waals surface area (Å²) < 4.78 is 1.16. The van der Waals surface area contributed by atoms with Gasteiger partial charge in [-0.1, -0.05) is 24.3 Å². The summed E-state index contributed by atoms with van der Waals surface area (Å²) in [6.07, 6.45) is 4.67.